The number of nitrogens with zero attached hydrogens (tertiary/aromatic N) is 1. The smallest absolute Gasteiger partial charge is 0.220 e. The molecule has 1 N–H and O–H groups in total. The van der Waals surface area contributed by atoms with E-state index in [2.05, 4.69) is 48.3 Å². The summed E-state index contributed by atoms with van der Waals surface area (Å²) in [5.74, 6) is 1.36. The summed E-state index contributed by atoms with van der Waals surface area (Å²) in [5, 5.41) is 3.07. The predicted octanol–water partition coefficient (Wildman–Crippen LogP) is 3.55. The minimum atomic E-state index is 0.0322. The van der Waals surface area contributed by atoms with E-state index in [0.29, 0.717) is 18.9 Å². The summed E-state index contributed by atoms with van der Waals surface area (Å²) in [6, 6.07) is 12.4. The maximum absolute atomic E-state index is 12.0. The van der Waals surface area contributed by atoms with Gasteiger partial charge in [-0.05, 0) is 36.1 Å². The minimum absolute atomic E-state index is 0.0322. The first kappa shape index (κ1) is 15.7. The Kier molecular flexibility index (Phi) is 4.70. The molecule has 0 saturated carbocycles. The van der Waals surface area contributed by atoms with Crippen LogP contribution < -0.4 is 10.2 Å². The molecular formula is C19H24N2O2. The third kappa shape index (κ3) is 3.58. The van der Waals surface area contributed by atoms with Crippen molar-refractivity contribution in [2.24, 2.45) is 5.92 Å². The summed E-state index contributed by atoms with van der Waals surface area (Å²) in [5.41, 5.74) is 2.60. The number of nitrogens with one attached hydrogen (secondary N) is 1. The molecule has 1 aromatic heterocycles. The molecule has 1 atom stereocenters. The molecule has 0 spiro atoms. The van der Waals surface area contributed by atoms with Crippen molar-refractivity contribution in [1.82, 2.24) is 5.32 Å². The molecule has 4 heteroatoms. The molecular weight excluding hydrogens is 288 g/mol. The molecule has 0 aliphatic carbocycles. The van der Waals surface area contributed by atoms with Crippen LogP contribution in [0.1, 0.15) is 37.6 Å². The molecule has 0 fully saturated rings. The highest BCUT2D eigenvalue weighted by Gasteiger charge is 2.29. The normalized spacial score (nSPS) is 14.8. The fourth-order valence-electron chi connectivity index (χ4n) is 3.19. The van der Waals surface area contributed by atoms with Crippen LogP contribution >= 0.6 is 0 Å². The quantitative estimate of drug-likeness (QED) is 0.887. The van der Waals surface area contributed by atoms with E-state index in [9.17, 15) is 4.79 Å². The number of amides is 1. The van der Waals surface area contributed by atoms with E-state index >= 15 is 0 Å². The minimum Gasteiger partial charge on any atom is -0.467 e. The van der Waals surface area contributed by atoms with Crippen molar-refractivity contribution in [1.29, 1.82) is 0 Å². The topological polar surface area (TPSA) is 45.5 Å². The number of hydrogen-bond acceptors (Lipinski definition) is 3. The number of furan rings is 1. The number of rotatable bonds is 6. The maximum atomic E-state index is 12.0. The zero-order chi connectivity index (χ0) is 16.2. The Balaban J connectivity index is 1.77. The van der Waals surface area contributed by atoms with Gasteiger partial charge in [-0.1, -0.05) is 32.0 Å². The van der Waals surface area contributed by atoms with Crippen molar-refractivity contribution in [3.8, 4) is 0 Å². The Morgan fingerprint density at radius 3 is 2.83 bits per heavy atom. The van der Waals surface area contributed by atoms with Crippen molar-refractivity contribution in [2.45, 2.75) is 32.7 Å². The lowest BCUT2D eigenvalue weighted by molar-refractivity contribution is -0.121. The highest BCUT2D eigenvalue weighted by atomic mass is 16.3. The first-order chi connectivity index (χ1) is 11.1. The number of hydrogen-bond donors (Lipinski definition) is 1. The molecule has 23 heavy (non-hydrogen) atoms. The Morgan fingerprint density at radius 1 is 1.26 bits per heavy atom. The van der Waals surface area contributed by atoms with Gasteiger partial charge in [-0.3, -0.25) is 4.79 Å². The van der Waals surface area contributed by atoms with E-state index < -0.39 is 0 Å². The molecule has 2 aromatic rings. The van der Waals surface area contributed by atoms with Crippen molar-refractivity contribution >= 4 is 11.6 Å². The van der Waals surface area contributed by atoms with Crippen molar-refractivity contribution in [3.63, 3.8) is 0 Å². The average Bonchev–Trinajstić information content (AvgIpc) is 3.17. The largest absolute Gasteiger partial charge is 0.467 e. The molecule has 3 rings (SSSR count). The zero-order valence-corrected chi connectivity index (χ0v) is 13.8. The Bertz CT molecular complexity index is 649. The van der Waals surface area contributed by atoms with Crippen LogP contribution in [-0.4, -0.2) is 19.0 Å². The second-order valence-electron chi connectivity index (χ2n) is 6.51. The van der Waals surface area contributed by atoms with E-state index in [0.717, 1.165) is 18.7 Å². The predicted molar refractivity (Wildman–Crippen MR) is 91.4 cm³/mol. The molecule has 1 amide bonds. The van der Waals surface area contributed by atoms with E-state index in [4.69, 9.17) is 4.42 Å². The van der Waals surface area contributed by atoms with Gasteiger partial charge in [0.2, 0.25) is 5.91 Å². The lowest BCUT2D eigenvalue weighted by Crippen LogP contribution is -2.37. The number of para-hydroxylation sites is 1. The highest BCUT2D eigenvalue weighted by Crippen LogP contribution is 2.34. The van der Waals surface area contributed by atoms with Gasteiger partial charge in [0.05, 0.1) is 6.26 Å². The lowest BCUT2D eigenvalue weighted by Gasteiger charge is -2.29. The van der Waals surface area contributed by atoms with Crippen LogP contribution in [0.2, 0.25) is 0 Å². The monoisotopic (exact) mass is 312 g/mol. The lowest BCUT2D eigenvalue weighted by atomic mass is 10.1. The van der Waals surface area contributed by atoms with E-state index in [1.165, 1.54) is 11.3 Å². The van der Waals surface area contributed by atoms with Crippen molar-refractivity contribution in [2.75, 3.05) is 18.0 Å². The van der Waals surface area contributed by atoms with Gasteiger partial charge in [-0.25, -0.2) is 0 Å². The second kappa shape index (κ2) is 6.90. The van der Waals surface area contributed by atoms with Crippen LogP contribution in [0.3, 0.4) is 0 Å². The zero-order valence-electron chi connectivity index (χ0n) is 13.8. The number of carbonyl (C=O) groups excluding carboxylic acids is 1. The number of anilines is 1. The molecule has 1 aromatic carbocycles. The van der Waals surface area contributed by atoms with Crippen molar-refractivity contribution in [3.05, 3.63) is 54.0 Å². The van der Waals surface area contributed by atoms with Crippen LogP contribution in [0.4, 0.5) is 5.69 Å². The van der Waals surface area contributed by atoms with Gasteiger partial charge in [0.1, 0.15) is 11.8 Å². The molecule has 4 nitrogen and oxygen atoms in total. The van der Waals surface area contributed by atoms with Gasteiger partial charge in [0.25, 0.3) is 0 Å². The van der Waals surface area contributed by atoms with Crippen LogP contribution in [0.25, 0.3) is 0 Å². The van der Waals surface area contributed by atoms with E-state index in [1.54, 1.807) is 6.26 Å². The Morgan fingerprint density at radius 2 is 2.09 bits per heavy atom. The SMILES string of the molecule is CC(C)CC(=O)NCC(c1ccco1)N1CCc2ccccc21. The number of carbonyl (C=O) groups is 1. The number of fused-ring (bicyclic) bond motifs is 1. The van der Waals surface area contributed by atoms with Crippen LogP contribution in [0.15, 0.2) is 47.1 Å². The third-order valence-electron chi connectivity index (χ3n) is 4.26. The van der Waals surface area contributed by atoms with Crippen LogP contribution in [0, 0.1) is 5.92 Å². The van der Waals surface area contributed by atoms with Crippen molar-refractivity contribution < 1.29 is 9.21 Å². The second-order valence-corrected chi connectivity index (χ2v) is 6.51. The van der Waals surface area contributed by atoms with Gasteiger partial charge in [-0.15, -0.1) is 0 Å². The Hall–Kier alpha value is -2.23. The molecule has 1 aliphatic heterocycles. The van der Waals surface area contributed by atoms with E-state index in [-0.39, 0.29) is 11.9 Å². The fourth-order valence-corrected chi connectivity index (χ4v) is 3.19. The summed E-state index contributed by atoms with van der Waals surface area (Å²) in [4.78, 5) is 14.4. The first-order valence-electron chi connectivity index (χ1n) is 8.30. The third-order valence-corrected chi connectivity index (χ3v) is 4.26. The van der Waals surface area contributed by atoms with Crippen LogP contribution in [-0.2, 0) is 11.2 Å². The molecule has 1 aliphatic rings. The molecule has 1 unspecified atom stereocenters. The Labute approximate surface area is 137 Å². The standard InChI is InChI=1S/C19H24N2O2/c1-14(2)12-19(22)20-13-17(18-8-5-11-23-18)21-10-9-15-6-3-4-7-16(15)21/h3-8,11,14,17H,9-10,12-13H2,1-2H3,(H,20,22). The average molecular weight is 312 g/mol. The van der Waals surface area contributed by atoms with Gasteiger partial charge in [0.15, 0.2) is 0 Å². The molecule has 0 saturated heterocycles. The summed E-state index contributed by atoms with van der Waals surface area (Å²) in [7, 11) is 0. The molecule has 0 radical (unpaired) electrons. The summed E-state index contributed by atoms with van der Waals surface area (Å²) < 4.78 is 5.64. The van der Waals surface area contributed by atoms with Gasteiger partial charge in [0, 0.05) is 25.2 Å². The van der Waals surface area contributed by atoms with E-state index in [1.807, 2.05) is 12.1 Å². The maximum Gasteiger partial charge on any atom is 0.220 e. The highest BCUT2D eigenvalue weighted by molar-refractivity contribution is 5.76. The summed E-state index contributed by atoms with van der Waals surface area (Å²) >= 11 is 0. The molecule has 0 bridgehead atoms. The molecule has 122 valence electrons. The molecule has 2 heterocycles. The summed E-state index contributed by atoms with van der Waals surface area (Å²) in [6.07, 6.45) is 3.29. The van der Waals surface area contributed by atoms with Gasteiger partial charge >= 0.3 is 0 Å². The number of benzene rings is 1. The van der Waals surface area contributed by atoms with Gasteiger partial charge < -0.3 is 14.6 Å². The first-order valence-corrected chi connectivity index (χ1v) is 8.30. The fraction of sp³-hybridized carbons (Fsp3) is 0.421. The summed E-state index contributed by atoms with van der Waals surface area (Å²) in [6.45, 7) is 5.62. The van der Waals surface area contributed by atoms with Crippen LogP contribution in [0.5, 0.6) is 0 Å². The van der Waals surface area contributed by atoms with Gasteiger partial charge in [-0.2, -0.15) is 0 Å².